The zero-order valence-electron chi connectivity index (χ0n) is 10.5. The van der Waals surface area contributed by atoms with Gasteiger partial charge in [-0.2, -0.15) is 0 Å². The van der Waals surface area contributed by atoms with Gasteiger partial charge in [0.1, 0.15) is 0 Å². The second-order valence-corrected chi connectivity index (χ2v) is 7.06. The van der Waals surface area contributed by atoms with Crippen LogP contribution in [0.2, 0.25) is 0 Å². The number of hydrogen-bond acceptors (Lipinski definition) is 3. The zero-order valence-corrected chi connectivity index (χ0v) is 11.3. The lowest BCUT2D eigenvalue weighted by Gasteiger charge is -2.14. The first kappa shape index (κ1) is 12.6. The smallest absolute Gasteiger partial charge is 0.175 e. The molecule has 0 spiro atoms. The van der Waals surface area contributed by atoms with E-state index in [1.807, 2.05) is 12.1 Å². The van der Waals surface area contributed by atoms with Crippen LogP contribution in [0.4, 0.5) is 0 Å². The summed E-state index contributed by atoms with van der Waals surface area (Å²) in [6.07, 6.45) is 2.47. The number of hydrogen-bond donors (Lipinski definition) is 1. The van der Waals surface area contributed by atoms with Gasteiger partial charge < -0.3 is 5.32 Å². The summed E-state index contributed by atoms with van der Waals surface area (Å²) in [5.74, 6) is 0.771. The maximum Gasteiger partial charge on any atom is 0.175 e. The molecule has 3 nitrogen and oxygen atoms in total. The van der Waals surface area contributed by atoms with Gasteiger partial charge in [-0.25, -0.2) is 8.42 Å². The molecule has 0 heterocycles. The van der Waals surface area contributed by atoms with Crippen LogP contribution in [-0.4, -0.2) is 20.7 Å². The van der Waals surface area contributed by atoms with E-state index < -0.39 is 9.84 Å². The topological polar surface area (TPSA) is 46.2 Å². The van der Waals surface area contributed by atoms with E-state index in [2.05, 4.69) is 19.2 Å². The van der Waals surface area contributed by atoms with Crippen molar-refractivity contribution < 1.29 is 8.42 Å². The summed E-state index contributed by atoms with van der Waals surface area (Å²) in [5.41, 5.74) is 1.14. The molecule has 94 valence electrons. The first-order valence-electron chi connectivity index (χ1n) is 5.94. The summed E-state index contributed by atoms with van der Waals surface area (Å²) in [7, 11) is -3.09. The molecular weight excluding hydrogens is 234 g/mol. The summed E-state index contributed by atoms with van der Waals surface area (Å²) < 4.78 is 22.7. The lowest BCUT2D eigenvalue weighted by atomic mass is 10.1. The molecule has 1 N–H and O–H groups in total. The van der Waals surface area contributed by atoms with E-state index in [4.69, 9.17) is 0 Å². The molecule has 3 atom stereocenters. The molecule has 17 heavy (non-hydrogen) atoms. The molecule has 2 rings (SSSR count). The number of nitrogens with one attached hydrogen (secondary N) is 1. The van der Waals surface area contributed by atoms with E-state index in [1.54, 1.807) is 12.1 Å². The van der Waals surface area contributed by atoms with Crippen LogP contribution in [0.25, 0.3) is 0 Å². The van der Waals surface area contributed by atoms with Crippen LogP contribution in [0.1, 0.15) is 31.9 Å². The third kappa shape index (κ3) is 3.07. The van der Waals surface area contributed by atoms with Crippen LogP contribution >= 0.6 is 0 Å². The first-order valence-corrected chi connectivity index (χ1v) is 7.83. The Morgan fingerprint density at radius 3 is 2.24 bits per heavy atom. The maximum atomic E-state index is 11.3. The van der Waals surface area contributed by atoms with Gasteiger partial charge in [0.15, 0.2) is 9.84 Å². The van der Waals surface area contributed by atoms with Gasteiger partial charge in [-0.15, -0.1) is 0 Å². The molecular formula is C13H19NO2S. The van der Waals surface area contributed by atoms with E-state index in [-0.39, 0.29) is 6.04 Å². The Morgan fingerprint density at radius 2 is 1.82 bits per heavy atom. The van der Waals surface area contributed by atoms with Crippen molar-refractivity contribution in [3.05, 3.63) is 29.8 Å². The Kier molecular flexibility index (Phi) is 3.27. The molecule has 0 aromatic heterocycles. The zero-order chi connectivity index (χ0) is 12.6. The van der Waals surface area contributed by atoms with Crippen LogP contribution in [0, 0.1) is 5.92 Å². The highest BCUT2D eigenvalue weighted by atomic mass is 32.2. The van der Waals surface area contributed by atoms with Gasteiger partial charge in [0.25, 0.3) is 0 Å². The quantitative estimate of drug-likeness (QED) is 0.894. The van der Waals surface area contributed by atoms with Crippen LogP contribution in [-0.2, 0) is 9.84 Å². The van der Waals surface area contributed by atoms with Crippen molar-refractivity contribution in [1.29, 1.82) is 0 Å². The lowest BCUT2D eigenvalue weighted by Crippen LogP contribution is -2.22. The highest BCUT2D eigenvalue weighted by Crippen LogP contribution is 2.31. The fourth-order valence-corrected chi connectivity index (χ4v) is 2.61. The van der Waals surface area contributed by atoms with Gasteiger partial charge in [-0.3, -0.25) is 0 Å². The van der Waals surface area contributed by atoms with Gasteiger partial charge in [-0.05, 0) is 37.0 Å². The largest absolute Gasteiger partial charge is 0.307 e. The Balaban J connectivity index is 2.07. The average molecular weight is 253 g/mol. The second-order valence-electron chi connectivity index (χ2n) is 5.05. The third-order valence-electron chi connectivity index (χ3n) is 3.38. The molecule has 0 aliphatic heterocycles. The first-order chi connectivity index (χ1) is 7.88. The summed E-state index contributed by atoms with van der Waals surface area (Å²) in [4.78, 5) is 0.383. The Bertz CT molecular complexity index is 493. The fraction of sp³-hybridized carbons (Fsp3) is 0.538. The molecule has 0 radical (unpaired) electrons. The van der Waals surface area contributed by atoms with Gasteiger partial charge in [0.2, 0.25) is 0 Å². The minimum Gasteiger partial charge on any atom is -0.307 e. The molecule has 1 saturated carbocycles. The SMILES string of the molecule is CC(NC1CC1C)c1ccc(S(C)(=O)=O)cc1. The van der Waals surface area contributed by atoms with E-state index in [0.29, 0.717) is 10.9 Å². The fourth-order valence-electron chi connectivity index (χ4n) is 1.98. The molecule has 0 bridgehead atoms. The maximum absolute atomic E-state index is 11.3. The van der Waals surface area contributed by atoms with E-state index >= 15 is 0 Å². The predicted octanol–water partition coefficient (Wildman–Crippen LogP) is 2.15. The summed E-state index contributed by atoms with van der Waals surface area (Å²) in [6.45, 7) is 4.34. The Morgan fingerprint density at radius 1 is 1.29 bits per heavy atom. The summed E-state index contributed by atoms with van der Waals surface area (Å²) >= 11 is 0. The Hall–Kier alpha value is -0.870. The number of sulfone groups is 1. The molecule has 3 unspecified atom stereocenters. The molecule has 1 aromatic rings. The summed E-state index contributed by atoms with van der Waals surface area (Å²) in [6, 6.07) is 8.04. The highest BCUT2D eigenvalue weighted by molar-refractivity contribution is 7.90. The standard InChI is InChI=1S/C13H19NO2S/c1-9-8-13(9)14-10(2)11-4-6-12(7-5-11)17(3,15)16/h4-7,9-10,13-14H,8H2,1-3H3. The minimum absolute atomic E-state index is 0.276. The van der Waals surface area contributed by atoms with E-state index in [1.165, 1.54) is 12.7 Å². The third-order valence-corrected chi connectivity index (χ3v) is 4.51. The van der Waals surface area contributed by atoms with Gasteiger partial charge in [-0.1, -0.05) is 19.1 Å². The lowest BCUT2D eigenvalue weighted by molar-refractivity contribution is 0.551. The van der Waals surface area contributed by atoms with Crippen molar-refractivity contribution >= 4 is 9.84 Å². The van der Waals surface area contributed by atoms with Crippen molar-refractivity contribution in [1.82, 2.24) is 5.32 Å². The van der Waals surface area contributed by atoms with Crippen molar-refractivity contribution in [3.63, 3.8) is 0 Å². The Labute approximate surface area is 103 Å². The monoisotopic (exact) mass is 253 g/mol. The van der Waals surface area contributed by atoms with Gasteiger partial charge in [0.05, 0.1) is 4.90 Å². The van der Waals surface area contributed by atoms with Gasteiger partial charge in [0, 0.05) is 18.3 Å². The number of rotatable bonds is 4. The molecule has 1 fully saturated rings. The predicted molar refractivity (Wildman–Crippen MR) is 68.7 cm³/mol. The van der Waals surface area contributed by atoms with Crippen LogP contribution in [0.3, 0.4) is 0 Å². The molecule has 0 amide bonds. The second kappa shape index (κ2) is 4.42. The minimum atomic E-state index is -3.09. The van der Waals surface area contributed by atoms with Crippen molar-refractivity contribution in [2.45, 2.75) is 37.2 Å². The number of benzene rings is 1. The van der Waals surface area contributed by atoms with E-state index in [0.717, 1.165) is 11.5 Å². The molecule has 0 saturated heterocycles. The van der Waals surface area contributed by atoms with Crippen LogP contribution < -0.4 is 5.32 Å². The molecule has 1 aromatic carbocycles. The molecule has 1 aliphatic carbocycles. The van der Waals surface area contributed by atoms with Crippen LogP contribution in [0.15, 0.2) is 29.2 Å². The van der Waals surface area contributed by atoms with Crippen LogP contribution in [0.5, 0.6) is 0 Å². The van der Waals surface area contributed by atoms with Gasteiger partial charge >= 0.3 is 0 Å². The average Bonchev–Trinajstić information content (AvgIpc) is 2.93. The van der Waals surface area contributed by atoms with Crippen molar-refractivity contribution in [2.75, 3.05) is 6.26 Å². The highest BCUT2D eigenvalue weighted by Gasteiger charge is 2.33. The summed E-state index contributed by atoms with van der Waals surface area (Å²) in [5, 5.41) is 3.53. The van der Waals surface area contributed by atoms with E-state index in [9.17, 15) is 8.42 Å². The van der Waals surface area contributed by atoms with Crippen molar-refractivity contribution in [2.24, 2.45) is 5.92 Å². The normalized spacial score (nSPS) is 25.6. The van der Waals surface area contributed by atoms with Crippen molar-refractivity contribution in [3.8, 4) is 0 Å². The molecule has 1 aliphatic rings. The molecule has 4 heteroatoms.